The lowest BCUT2D eigenvalue weighted by atomic mass is 9.87. The number of carbonyl (C=O) groups excluding carboxylic acids is 2. The largest absolute Gasteiger partial charge is 0.507 e. The van der Waals surface area contributed by atoms with Gasteiger partial charge in [-0.1, -0.05) is 12.1 Å². The maximum absolute atomic E-state index is 13.6. The van der Waals surface area contributed by atoms with Crippen molar-refractivity contribution in [2.75, 3.05) is 26.8 Å². The lowest BCUT2D eigenvalue weighted by Gasteiger charge is -2.38. The zero-order valence-electron chi connectivity index (χ0n) is 21.9. The fourth-order valence-electron chi connectivity index (χ4n) is 5.22. The quantitative estimate of drug-likeness (QED) is 0.365. The van der Waals surface area contributed by atoms with Crippen LogP contribution in [-0.4, -0.2) is 48.6 Å². The number of ether oxygens (including phenoxy) is 3. The van der Waals surface area contributed by atoms with Crippen molar-refractivity contribution in [3.05, 3.63) is 101 Å². The van der Waals surface area contributed by atoms with E-state index in [1.54, 1.807) is 19.2 Å². The topological polar surface area (TPSA) is 110 Å². The monoisotopic (exact) mass is 540 g/mol. The van der Waals surface area contributed by atoms with Gasteiger partial charge in [-0.3, -0.25) is 9.59 Å². The van der Waals surface area contributed by atoms with Crippen molar-refractivity contribution in [2.24, 2.45) is 0 Å². The lowest BCUT2D eigenvalue weighted by Crippen LogP contribution is -2.40. The number of carbonyl (C=O) groups is 2. The Morgan fingerprint density at radius 3 is 2.75 bits per heavy atom. The first-order valence-electron chi connectivity index (χ1n) is 13.1. The van der Waals surface area contributed by atoms with Crippen LogP contribution in [0.4, 0.5) is 0 Å². The molecule has 9 nitrogen and oxygen atoms in total. The number of phenolic OH excluding ortho intramolecular Hbond substituents is 1. The van der Waals surface area contributed by atoms with E-state index in [-0.39, 0.29) is 23.3 Å². The van der Waals surface area contributed by atoms with Gasteiger partial charge in [0.2, 0.25) is 0 Å². The summed E-state index contributed by atoms with van der Waals surface area (Å²) in [5.41, 5.74) is 3.49. The molecule has 0 saturated heterocycles. The second kappa shape index (κ2) is 10.7. The van der Waals surface area contributed by atoms with Gasteiger partial charge >= 0.3 is 0 Å². The molecule has 8 bridgehead atoms. The SMILES string of the molecule is COc1ccc2cc1OCCCNC(=O)c1cc(ccc1O)Oc1ccc3c(c1)CCN(C(=O)c1ccoc1)C23. The van der Waals surface area contributed by atoms with Gasteiger partial charge < -0.3 is 34.0 Å². The molecule has 2 amide bonds. The maximum Gasteiger partial charge on any atom is 0.257 e. The van der Waals surface area contributed by atoms with Crippen LogP contribution in [0.15, 0.2) is 77.6 Å². The third kappa shape index (κ3) is 4.82. The van der Waals surface area contributed by atoms with E-state index in [0.717, 1.165) is 16.7 Å². The summed E-state index contributed by atoms with van der Waals surface area (Å²) in [6, 6.07) is 17.3. The van der Waals surface area contributed by atoms with Crippen molar-refractivity contribution < 1.29 is 33.3 Å². The van der Waals surface area contributed by atoms with Crippen LogP contribution in [0.3, 0.4) is 0 Å². The Morgan fingerprint density at radius 2 is 1.93 bits per heavy atom. The fourth-order valence-corrected chi connectivity index (χ4v) is 5.22. The number of amides is 2. The van der Waals surface area contributed by atoms with Gasteiger partial charge in [0.15, 0.2) is 11.5 Å². The average Bonchev–Trinajstić information content (AvgIpc) is 3.51. The highest BCUT2D eigenvalue weighted by atomic mass is 16.5. The minimum Gasteiger partial charge on any atom is -0.507 e. The van der Waals surface area contributed by atoms with E-state index in [2.05, 4.69) is 5.32 Å². The van der Waals surface area contributed by atoms with Crippen LogP contribution >= 0.6 is 0 Å². The third-order valence-electron chi connectivity index (χ3n) is 7.19. The second-order valence-electron chi connectivity index (χ2n) is 9.67. The fraction of sp³-hybridized carbons (Fsp3) is 0.226. The van der Waals surface area contributed by atoms with E-state index < -0.39 is 5.91 Å². The third-order valence-corrected chi connectivity index (χ3v) is 7.19. The summed E-state index contributed by atoms with van der Waals surface area (Å²) >= 11 is 0. The van der Waals surface area contributed by atoms with E-state index in [1.807, 2.05) is 41.3 Å². The Balaban J connectivity index is 1.46. The molecule has 3 aliphatic heterocycles. The molecule has 204 valence electrons. The summed E-state index contributed by atoms with van der Waals surface area (Å²) in [4.78, 5) is 28.2. The van der Waals surface area contributed by atoms with Crippen LogP contribution in [0.1, 0.15) is 49.9 Å². The van der Waals surface area contributed by atoms with Gasteiger partial charge in [0.25, 0.3) is 11.8 Å². The van der Waals surface area contributed by atoms with Crippen LogP contribution in [0, 0.1) is 0 Å². The summed E-state index contributed by atoms with van der Waals surface area (Å²) in [6.07, 6.45) is 4.10. The summed E-state index contributed by atoms with van der Waals surface area (Å²) in [5.74, 6) is 1.46. The van der Waals surface area contributed by atoms with Gasteiger partial charge in [-0.05, 0) is 78.1 Å². The number of hydrogen-bond acceptors (Lipinski definition) is 7. The van der Waals surface area contributed by atoms with Gasteiger partial charge in [-0.2, -0.15) is 0 Å². The van der Waals surface area contributed by atoms with Crippen molar-refractivity contribution in [2.45, 2.75) is 18.9 Å². The zero-order valence-corrected chi connectivity index (χ0v) is 21.9. The van der Waals surface area contributed by atoms with Gasteiger partial charge in [0, 0.05) is 13.1 Å². The van der Waals surface area contributed by atoms with Gasteiger partial charge in [-0.25, -0.2) is 0 Å². The van der Waals surface area contributed by atoms with Crippen molar-refractivity contribution in [3.8, 4) is 28.7 Å². The number of phenols is 1. The van der Waals surface area contributed by atoms with Crippen molar-refractivity contribution in [1.82, 2.24) is 10.2 Å². The molecule has 0 aliphatic carbocycles. The average molecular weight is 541 g/mol. The molecule has 7 rings (SSSR count). The van der Waals surface area contributed by atoms with E-state index in [4.69, 9.17) is 18.6 Å². The number of furan rings is 1. The lowest BCUT2D eigenvalue weighted by molar-refractivity contribution is 0.0693. The molecule has 4 aromatic rings. The Morgan fingerprint density at radius 1 is 1.07 bits per heavy atom. The molecule has 2 N–H and O–H groups in total. The molecular weight excluding hydrogens is 512 g/mol. The Hall–Kier alpha value is -4.92. The van der Waals surface area contributed by atoms with Gasteiger partial charge in [-0.15, -0.1) is 0 Å². The maximum atomic E-state index is 13.6. The van der Waals surface area contributed by atoms with E-state index >= 15 is 0 Å². The predicted molar refractivity (Wildman–Crippen MR) is 145 cm³/mol. The molecule has 0 fully saturated rings. The Bertz CT molecular complexity index is 1560. The molecule has 1 aromatic heterocycles. The van der Waals surface area contributed by atoms with Crippen LogP contribution in [-0.2, 0) is 6.42 Å². The van der Waals surface area contributed by atoms with Crippen molar-refractivity contribution in [1.29, 1.82) is 0 Å². The smallest absolute Gasteiger partial charge is 0.257 e. The minimum absolute atomic E-state index is 0.125. The first-order chi connectivity index (χ1) is 19.5. The van der Waals surface area contributed by atoms with Gasteiger partial charge in [0.1, 0.15) is 23.5 Å². The van der Waals surface area contributed by atoms with E-state index in [1.165, 1.54) is 24.7 Å². The molecule has 40 heavy (non-hydrogen) atoms. The number of benzene rings is 3. The normalized spacial score (nSPS) is 16.7. The molecule has 1 atom stereocenters. The predicted octanol–water partition coefficient (Wildman–Crippen LogP) is 5.09. The number of rotatable bonds is 2. The summed E-state index contributed by atoms with van der Waals surface area (Å²) in [7, 11) is 1.58. The van der Waals surface area contributed by atoms with Crippen LogP contribution in [0.2, 0.25) is 0 Å². The van der Waals surface area contributed by atoms with Crippen molar-refractivity contribution in [3.63, 3.8) is 0 Å². The minimum atomic E-state index is -0.403. The standard InChI is InChI=1S/C31H28N2O7/c1-37-27-8-3-20-16-28(27)39-13-2-11-32-30(35)25-17-23(5-7-26(25)34)40-22-4-6-24-19(15-22)9-12-33(29(20)24)31(36)21-10-14-38-18-21/h3-8,10,14-18,29,34H,2,9,11-13H2,1H3,(H,32,35). The van der Waals surface area contributed by atoms with E-state index in [0.29, 0.717) is 61.1 Å². The molecule has 9 heteroatoms. The Labute approximate surface area is 230 Å². The number of fused-ring (bicyclic) bond motifs is 6. The molecule has 3 aromatic carbocycles. The highest BCUT2D eigenvalue weighted by Gasteiger charge is 2.34. The summed E-state index contributed by atoms with van der Waals surface area (Å²) in [6.45, 7) is 1.14. The highest BCUT2D eigenvalue weighted by Crippen LogP contribution is 2.41. The number of hydrogen-bond donors (Lipinski definition) is 2. The van der Waals surface area contributed by atoms with Crippen LogP contribution in [0.5, 0.6) is 28.7 Å². The highest BCUT2D eigenvalue weighted by molar-refractivity contribution is 5.97. The molecule has 0 radical (unpaired) electrons. The number of aromatic hydroxyl groups is 1. The second-order valence-corrected chi connectivity index (χ2v) is 9.67. The molecule has 3 aliphatic rings. The van der Waals surface area contributed by atoms with Crippen LogP contribution < -0.4 is 19.5 Å². The molecule has 0 saturated carbocycles. The molecule has 1 unspecified atom stereocenters. The zero-order chi connectivity index (χ0) is 27.6. The van der Waals surface area contributed by atoms with E-state index in [9.17, 15) is 14.7 Å². The molecular formula is C31H28N2O7. The first kappa shape index (κ1) is 25.4. The van der Waals surface area contributed by atoms with Gasteiger partial charge in [0.05, 0.1) is 37.1 Å². The number of methoxy groups -OCH3 is 1. The number of nitrogens with one attached hydrogen (secondary N) is 1. The van der Waals surface area contributed by atoms with Crippen molar-refractivity contribution >= 4 is 11.8 Å². The molecule has 4 heterocycles. The summed E-state index contributed by atoms with van der Waals surface area (Å²) < 4.78 is 22.9. The van der Waals surface area contributed by atoms with Crippen LogP contribution in [0.25, 0.3) is 0 Å². The Kier molecular flexibility index (Phi) is 6.77. The first-order valence-corrected chi connectivity index (χ1v) is 13.1. The number of nitrogens with zero attached hydrogens (tertiary/aromatic N) is 1. The molecule has 0 spiro atoms. The summed E-state index contributed by atoms with van der Waals surface area (Å²) in [5, 5.41) is 13.1.